The van der Waals surface area contributed by atoms with Crippen molar-refractivity contribution in [2.45, 2.75) is 71.4 Å². The number of hydrogen-bond acceptors (Lipinski definition) is 6. The average molecular weight is 560 g/mol. The van der Waals surface area contributed by atoms with Crippen LogP contribution in [0.3, 0.4) is 0 Å². The quantitative estimate of drug-likeness (QED) is 0.471. The van der Waals surface area contributed by atoms with Crippen LogP contribution in [0.1, 0.15) is 46.1 Å². The van der Waals surface area contributed by atoms with Gasteiger partial charge in [0, 0.05) is 22.5 Å². The number of amides is 1. The van der Waals surface area contributed by atoms with Crippen molar-refractivity contribution in [2.75, 3.05) is 13.7 Å². The van der Waals surface area contributed by atoms with Crippen molar-refractivity contribution in [1.29, 1.82) is 0 Å². The molecule has 0 radical (unpaired) electrons. The van der Waals surface area contributed by atoms with Crippen LogP contribution in [0.4, 0.5) is 0 Å². The van der Waals surface area contributed by atoms with E-state index in [2.05, 4.69) is 42.0 Å². The fourth-order valence-electron chi connectivity index (χ4n) is 6.61. The summed E-state index contributed by atoms with van der Waals surface area (Å²) in [4.78, 5) is 19.7. The molecular weight excluding hydrogens is 524 g/mol. The zero-order valence-electron chi connectivity index (χ0n) is 20.4. The lowest BCUT2D eigenvalue weighted by molar-refractivity contribution is -0.183. The lowest BCUT2D eigenvalue weighted by Gasteiger charge is -2.62. The van der Waals surface area contributed by atoms with Gasteiger partial charge in [0.25, 0.3) is 0 Å². The van der Waals surface area contributed by atoms with Crippen LogP contribution in [0.15, 0.2) is 16.6 Å². The van der Waals surface area contributed by atoms with E-state index in [-0.39, 0.29) is 25.1 Å². The molecule has 4 fully saturated rings. The van der Waals surface area contributed by atoms with E-state index in [1.807, 2.05) is 0 Å². The Bertz CT molecular complexity index is 929. The minimum atomic E-state index is -0.845. The van der Waals surface area contributed by atoms with Crippen molar-refractivity contribution in [3.8, 4) is 5.75 Å². The van der Waals surface area contributed by atoms with Gasteiger partial charge < -0.3 is 20.3 Å². The van der Waals surface area contributed by atoms with Crippen molar-refractivity contribution < 1.29 is 24.6 Å². The molecule has 1 aliphatic heterocycles. The fourth-order valence-corrected chi connectivity index (χ4v) is 7.65. The van der Waals surface area contributed by atoms with E-state index in [0.29, 0.717) is 38.4 Å². The average Bonchev–Trinajstić information content (AvgIpc) is 3.13. The number of fused-ring (bicyclic) bond motifs is 2. The Labute approximate surface area is 215 Å². The second kappa shape index (κ2) is 9.87. The SMILES string of the molecule is COc1c(Br)cc(Cl)cc1CN1O[C@@H](CO)[C@@H]([C@H](C)O)C1C(=O)N[C@H]1C[C@@H]2C[C@H]([C@@H]1C)C2(C)C. The highest BCUT2D eigenvalue weighted by Crippen LogP contribution is 2.61. The highest BCUT2D eigenvalue weighted by molar-refractivity contribution is 9.10. The van der Waals surface area contributed by atoms with Crippen molar-refractivity contribution in [3.05, 3.63) is 27.2 Å². The summed E-state index contributed by atoms with van der Waals surface area (Å²) in [5, 5.41) is 25.9. The molecule has 9 heteroatoms. The minimum Gasteiger partial charge on any atom is -0.495 e. The van der Waals surface area contributed by atoms with Crippen LogP contribution in [-0.4, -0.2) is 59.2 Å². The topological polar surface area (TPSA) is 91.3 Å². The van der Waals surface area contributed by atoms with E-state index in [1.54, 1.807) is 31.2 Å². The molecule has 3 aliphatic carbocycles. The van der Waals surface area contributed by atoms with Gasteiger partial charge in [0.1, 0.15) is 17.9 Å². The van der Waals surface area contributed by atoms with E-state index >= 15 is 0 Å². The Balaban J connectivity index is 1.59. The molecule has 3 N–H and O–H groups in total. The predicted octanol–water partition coefficient (Wildman–Crippen LogP) is 3.77. The molecule has 1 saturated heterocycles. The number of nitrogens with one attached hydrogen (secondary N) is 1. The summed E-state index contributed by atoms with van der Waals surface area (Å²) in [5.74, 6) is 1.42. The third kappa shape index (κ3) is 4.50. The second-order valence-corrected chi connectivity index (χ2v) is 12.1. The molecule has 190 valence electrons. The summed E-state index contributed by atoms with van der Waals surface area (Å²) in [7, 11) is 1.57. The molecule has 3 saturated carbocycles. The number of carbonyl (C=O) groups is 1. The third-order valence-corrected chi connectivity index (χ3v) is 9.49. The maximum absolute atomic E-state index is 13.7. The summed E-state index contributed by atoms with van der Waals surface area (Å²) >= 11 is 9.76. The number of ether oxygens (including phenoxy) is 1. The fraction of sp³-hybridized carbons (Fsp3) is 0.720. The second-order valence-electron chi connectivity index (χ2n) is 10.8. The van der Waals surface area contributed by atoms with E-state index in [0.717, 1.165) is 12.0 Å². The number of aliphatic hydroxyl groups is 2. The van der Waals surface area contributed by atoms with Crippen LogP contribution in [-0.2, 0) is 16.2 Å². The number of rotatable bonds is 7. The van der Waals surface area contributed by atoms with E-state index < -0.39 is 24.2 Å². The smallest absolute Gasteiger partial charge is 0.240 e. The van der Waals surface area contributed by atoms with E-state index in [4.69, 9.17) is 21.2 Å². The lowest BCUT2D eigenvalue weighted by Crippen LogP contribution is -2.62. The molecular formula is C25H36BrClN2O5. The summed E-state index contributed by atoms with van der Waals surface area (Å²) in [5.41, 5.74) is 1.06. The minimum absolute atomic E-state index is 0.0869. The lowest BCUT2D eigenvalue weighted by atomic mass is 9.45. The number of hydrogen-bond donors (Lipinski definition) is 3. The number of aliphatic hydroxyl groups excluding tert-OH is 2. The maximum Gasteiger partial charge on any atom is 0.240 e. The van der Waals surface area contributed by atoms with Crippen LogP contribution in [0.25, 0.3) is 0 Å². The first kappa shape index (κ1) is 26.2. The molecule has 8 atom stereocenters. The molecule has 1 unspecified atom stereocenters. The van der Waals surface area contributed by atoms with Gasteiger partial charge in [-0.15, -0.1) is 0 Å². The van der Waals surface area contributed by atoms with E-state index in [9.17, 15) is 15.0 Å². The Morgan fingerprint density at radius 1 is 1.41 bits per heavy atom. The zero-order valence-corrected chi connectivity index (χ0v) is 22.8. The molecule has 34 heavy (non-hydrogen) atoms. The molecule has 0 aromatic heterocycles. The first-order valence-electron chi connectivity index (χ1n) is 12.0. The van der Waals surface area contributed by atoms with Gasteiger partial charge in [0.05, 0.1) is 30.8 Å². The molecule has 0 spiro atoms. The molecule has 2 bridgehead atoms. The van der Waals surface area contributed by atoms with Crippen LogP contribution in [0.2, 0.25) is 5.02 Å². The number of carbonyl (C=O) groups excluding carboxylic acids is 1. The number of methoxy groups -OCH3 is 1. The van der Waals surface area contributed by atoms with Crippen molar-refractivity contribution in [1.82, 2.24) is 10.4 Å². The molecule has 1 heterocycles. The third-order valence-electron chi connectivity index (χ3n) is 8.68. The largest absolute Gasteiger partial charge is 0.495 e. The van der Waals surface area contributed by atoms with Crippen molar-refractivity contribution in [2.24, 2.45) is 29.1 Å². The van der Waals surface area contributed by atoms with Gasteiger partial charge in [0.2, 0.25) is 5.91 Å². The van der Waals surface area contributed by atoms with Crippen LogP contribution >= 0.6 is 27.5 Å². The van der Waals surface area contributed by atoms with Crippen molar-refractivity contribution >= 4 is 33.4 Å². The standard InChI is InChI=1S/C25H36BrClN2O5/c1-12-17-7-15(25(17,3)4)8-19(12)28-24(32)22-21(13(2)31)20(11-30)34-29(22)10-14-6-16(27)9-18(26)23(14)33-5/h6,9,12-13,15,17,19-22,30-31H,7-8,10-11H2,1-5H3,(H,28,32)/t12-,13-,15-,17+,19-,20-,21+,22?/m0/s1. The van der Waals surface area contributed by atoms with Gasteiger partial charge in [-0.3, -0.25) is 9.63 Å². The van der Waals surface area contributed by atoms with Crippen LogP contribution in [0, 0.1) is 29.1 Å². The Morgan fingerprint density at radius 2 is 2.12 bits per heavy atom. The number of halogens is 2. The Kier molecular flexibility index (Phi) is 7.59. The molecule has 4 aliphatic rings. The molecule has 5 rings (SSSR count). The predicted molar refractivity (Wildman–Crippen MR) is 133 cm³/mol. The van der Waals surface area contributed by atoms with Gasteiger partial charge in [-0.1, -0.05) is 32.4 Å². The van der Waals surface area contributed by atoms with Gasteiger partial charge in [-0.2, -0.15) is 5.06 Å². The van der Waals surface area contributed by atoms with Crippen molar-refractivity contribution in [3.63, 3.8) is 0 Å². The highest BCUT2D eigenvalue weighted by Gasteiger charge is 2.57. The molecule has 1 aromatic rings. The summed E-state index contributed by atoms with van der Waals surface area (Å²) in [6.45, 7) is 8.44. The van der Waals surface area contributed by atoms with Gasteiger partial charge in [0.15, 0.2) is 0 Å². The van der Waals surface area contributed by atoms with Gasteiger partial charge in [-0.05, 0) is 71.0 Å². The normalized spacial score (nSPS) is 35.5. The van der Waals surface area contributed by atoms with Gasteiger partial charge >= 0.3 is 0 Å². The van der Waals surface area contributed by atoms with E-state index in [1.165, 1.54) is 6.42 Å². The monoisotopic (exact) mass is 558 g/mol. The number of hydroxylamine groups is 2. The first-order valence-corrected chi connectivity index (χ1v) is 13.2. The Hall–Kier alpha value is -0.900. The Morgan fingerprint density at radius 3 is 2.68 bits per heavy atom. The van der Waals surface area contributed by atoms with Crippen LogP contribution in [0.5, 0.6) is 5.75 Å². The van der Waals surface area contributed by atoms with Gasteiger partial charge in [-0.25, -0.2) is 0 Å². The summed E-state index contributed by atoms with van der Waals surface area (Å²) in [6, 6.07) is 2.83. The number of benzene rings is 1. The van der Waals surface area contributed by atoms with Crippen LogP contribution < -0.4 is 10.1 Å². The highest BCUT2D eigenvalue weighted by atomic mass is 79.9. The first-order chi connectivity index (χ1) is 16.0. The molecule has 1 amide bonds. The zero-order chi connectivity index (χ0) is 24.9. The maximum atomic E-state index is 13.7. The molecule has 1 aromatic carbocycles. The summed E-state index contributed by atoms with van der Waals surface area (Å²) < 4.78 is 6.24. The summed E-state index contributed by atoms with van der Waals surface area (Å²) in [6.07, 6.45) is 0.648. The molecule has 7 nitrogen and oxygen atoms in total. The number of nitrogens with zero attached hydrogens (tertiary/aromatic N) is 1.